The Bertz CT molecular complexity index is 979. The highest BCUT2D eigenvalue weighted by Crippen LogP contribution is 2.26. The van der Waals surface area contributed by atoms with Gasteiger partial charge in [0.15, 0.2) is 5.78 Å². The number of methoxy groups -OCH3 is 1. The Labute approximate surface area is 184 Å². The molecule has 3 heterocycles. The Morgan fingerprint density at radius 1 is 1.32 bits per heavy atom. The largest absolute Gasteiger partial charge is 0.444 e. The van der Waals surface area contributed by atoms with Crippen molar-refractivity contribution in [2.75, 3.05) is 20.4 Å². The van der Waals surface area contributed by atoms with Gasteiger partial charge in [-0.15, -0.1) is 11.3 Å². The minimum atomic E-state index is -0.652. The molecule has 1 aliphatic rings. The van der Waals surface area contributed by atoms with Crippen molar-refractivity contribution in [2.24, 2.45) is 0 Å². The van der Waals surface area contributed by atoms with Crippen molar-refractivity contribution in [3.63, 3.8) is 0 Å². The van der Waals surface area contributed by atoms with Gasteiger partial charge in [-0.1, -0.05) is 0 Å². The van der Waals surface area contributed by atoms with Crippen LogP contribution in [0.5, 0.6) is 0 Å². The minimum absolute atomic E-state index is 0.0442. The first-order chi connectivity index (χ1) is 14.7. The van der Waals surface area contributed by atoms with E-state index in [1.54, 1.807) is 37.1 Å². The lowest BCUT2D eigenvalue weighted by Gasteiger charge is -2.41. The zero-order valence-corrected chi connectivity index (χ0v) is 19.1. The molecule has 1 amide bonds. The zero-order chi connectivity index (χ0) is 22.6. The molecule has 170 valence electrons. The quantitative estimate of drug-likeness (QED) is 0.597. The first-order valence-corrected chi connectivity index (χ1v) is 11.1. The molecule has 0 aliphatic carbocycles. The monoisotopic (exact) mass is 451 g/mol. The van der Waals surface area contributed by atoms with E-state index < -0.39 is 17.7 Å². The number of likely N-dealkylation sites (tertiary alicyclic amines) is 1. The van der Waals surface area contributed by atoms with Gasteiger partial charge in [-0.05, 0) is 45.1 Å². The number of thiophene rings is 1. The molecular formula is C21H29N3O6S. The van der Waals surface area contributed by atoms with Crippen molar-refractivity contribution in [3.05, 3.63) is 28.1 Å². The second-order valence-corrected chi connectivity index (χ2v) is 9.47. The van der Waals surface area contributed by atoms with Crippen LogP contribution in [0.2, 0.25) is 0 Å². The molecule has 9 nitrogen and oxygen atoms in total. The summed E-state index contributed by atoms with van der Waals surface area (Å²) >= 11 is 1.30. The van der Waals surface area contributed by atoms with E-state index >= 15 is 0 Å². The molecule has 0 aromatic carbocycles. The maximum Gasteiger partial charge on any atom is 0.410 e. The van der Waals surface area contributed by atoms with E-state index in [2.05, 4.69) is 4.98 Å². The summed E-state index contributed by atoms with van der Waals surface area (Å²) in [5.41, 5.74) is -0.274. The van der Waals surface area contributed by atoms with Crippen molar-refractivity contribution in [3.8, 4) is 0 Å². The van der Waals surface area contributed by atoms with E-state index in [1.165, 1.54) is 29.3 Å². The highest BCUT2D eigenvalue weighted by Gasteiger charge is 2.38. The zero-order valence-electron chi connectivity index (χ0n) is 18.3. The van der Waals surface area contributed by atoms with Crippen molar-refractivity contribution in [2.45, 2.75) is 64.3 Å². The molecule has 1 fully saturated rings. The second kappa shape index (κ2) is 9.88. The molecule has 0 bridgehead atoms. The van der Waals surface area contributed by atoms with Crippen molar-refractivity contribution >= 4 is 33.4 Å². The highest BCUT2D eigenvalue weighted by atomic mass is 32.1. The fourth-order valence-corrected chi connectivity index (χ4v) is 4.43. The Morgan fingerprint density at radius 2 is 2.10 bits per heavy atom. The van der Waals surface area contributed by atoms with Crippen molar-refractivity contribution < 1.29 is 23.8 Å². The molecule has 2 atom stereocenters. The van der Waals surface area contributed by atoms with E-state index in [4.69, 9.17) is 14.2 Å². The van der Waals surface area contributed by atoms with Crippen LogP contribution in [-0.4, -0.2) is 64.5 Å². The Morgan fingerprint density at radius 3 is 2.81 bits per heavy atom. The molecular weight excluding hydrogens is 422 g/mol. The summed E-state index contributed by atoms with van der Waals surface area (Å²) in [5.74, 6) is -0.189. The van der Waals surface area contributed by atoms with Crippen LogP contribution in [0.25, 0.3) is 10.2 Å². The normalized spacial score (nSPS) is 19.5. The number of rotatable bonds is 7. The van der Waals surface area contributed by atoms with Crippen LogP contribution >= 0.6 is 11.3 Å². The first kappa shape index (κ1) is 23.4. The third-order valence-corrected chi connectivity index (χ3v) is 5.86. The fraction of sp³-hybridized carbons (Fsp3) is 0.619. The lowest BCUT2D eigenvalue weighted by atomic mass is 9.94. The molecule has 1 aliphatic heterocycles. The van der Waals surface area contributed by atoms with E-state index in [0.29, 0.717) is 23.2 Å². The van der Waals surface area contributed by atoms with Crippen LogP contribution in [0.1, 0.15) is 40.0 Å². The number of amides is 1. The first-order valence-electron chi connectivity index (χ1n) is 10.2. The van der Waals surface area contributed by atoms with Crippen LogP contribution < -0.4 is 5.56 Å². The van der Waals surface area contributed by atoms with Crippen molar-refractivity contribution in [1.29, 1.82) is 0 Å². The predicted octanol–water partition coefficient (Wildman–Crippen LogP) is 2.81. The van der Waals surface area contributed by atoms with Gasteiger partial charge in [0.05, 0.1) is 30.5 Å². The number of fused-ring (bicyclic) bond motifs is 1. The van der Waals surface area contributed by atoms with E-state index in [0.717, 1.165) is 6.42 Å². The lowest BCUT2D eigenvalue weighted by Crippen LogP contribution is -2.54. The molecule has 0 saturated carbocycles. The number of carbonyl (C=O) groups is 2. The molecule has 0 spiro atoms. The highest BCUT2D eigenvalue weighted by molar-refractivity contribution is 7.17. The number of carbonyl (C=O) groups excluding carboxylic acids is 2. The number of ether oxygens (including phenoxy) is 3. The maximum absolute atomic E-state index is 12.9. The van der Waals surface area contributed by atoms with Gasteiger partial charge >= 0.3 is 6.09 Å². The van der Waals surface area contributed by atoms with Gasteiger partial charge in [-0.2, -0.15) is 0 Å². The number of hydrogen-bond acceptors (Lipinski definition) is 8. The smallest absolute Gasteiger partial charge is 0.410 e. The number of aromatic nitrogens is 2. The van der Waals surface area contributed by atoms with Crippen LogP contribution in [-0.2, 0) is 25.5 Å². The van der Waals surface area contributed by atoms with E-state index in [-0.39, 0.29) is 37.2 Å². The maximum atomic E-state index is 12.9. The summed E-state index contributed by atoms with van der Waals surface area (Å²) in [6.45, 7) is 5.82. The van der Waals surface area contributed by atoms with Crippen LogP contribution in [0.15, 0.2) is 22.6 Å². The Hall–Kier alpha value is -2.30. The third kappa shape index (κ3) is 5.90. The molecule has 10 heteroatoms. The van der Waals surface area contributed by atoms with Gasteiger partial charge in [-0.3, -0.25) is 14.2 Å². The number of ketones is 1. The number of hydrogen-bond donors (Lipinski definition) is 0. The Balaban J connectivity index is 1.77. The lowest BCUT2D eigenvalue weighted by molar-refractivity contribution is -0.131. The van der Waals surface area contributed by atoms with Gasteiger partial charge in [0.1, 0.15) is 17.1 Å². The average Bonchev–Trinajstić information content (AvgIpc) is 3.17. The topological polar surface area (TPSA) is 100.0 Å². The molecule has 31 heavy (non-hydrogen) atoms. The molecule has 0 radical (unpaired) electrons. The van der Waals surface area contributed by atoms with Gasteiger partial charge in [-0.25, -0.2) is 9.78 Å². The third-order valence-electron chi connectivity index (χ3n) is 4.96. The second-order valence-electron chi connectivity index (χ2n) is 8.55. The van der Waals surface area contributed by atoms with Gasteiger partial charge in [0, 0.05) is 20.1 Å². The predicted molar refractivity (Wildman–Crippen MR) is 116 cm³/mol. The van der Waals surface area contributed by atoms with E-state index in [9.17, 15) is 14.4 Å². The SMILES string of the molecule is COCO[C@H]1CCCN(C(=O)OC(C)(C)C)[C@H]1CC(=O)Cn1cnc2ccsc2c1=O. The minimum Gasteiger partial charge on any atom is -0.444 e. The van der Waals surface area contributed by atoms with Crippen molar-refractivity contribution in [1.82, 2.24) is 14.5 Å². The summed E-state index contributed by atoms with van der Waals surface area (Å²) in [7, 11) is 1.52. The van der Waals surface area contributed by atoms with Crippen LogP contribution in [0, 0.1) is 0 Å². The molecule has 0 N–H and O–H groups in total. The molecule has 3 rings (SSSR count). The molecule has 2 aromatic rings. The van der Waals surface area contributed by atoms with Gasteiger partial charge in [0.25, 0.3) is 5.56 Å². The summed E-state index contributed by atoms with van der Waals surface area (Å²) in [5, 5.41) is 1.80. The van der Waals surface area contributed by atoms with Gasteiger partial charge in [0.2, 0.25) is 0 Å². The molecule has 2 aromatic heterocycles. The number of nitrogens with zero attached hydrogens (tertiary/aromatic N) is 3. The Kier molecular flexibility index (Phi) is 7.45. The standard InChI is InChI=1S/C21H29N3O6S/c1-21(2,3)30-20(27)24-8-5-6-17(29-13-28-4)16(24)10-14(25)11-23-12-22-15-7-9-31-18(15)19(23)26/h7,9,12,16-17H,5-6,8,10-11,13H2,1-4H3/t16-,17-/m0/s1. The number of piperidine rings is 1. The summed E-state index contributed by atoms with van der Waals surface area (Å²) < 4.78 is 18.2. The summed E-state index contributed by atoms with van der Waals surface area (Å²) in [6, 6.07) is 1.27. The molecule has 1 saturated heterocycles. The van der Waals surface area contributed by atoms with Crippen LogP contribution in [0.3, 0.4) is 0 Å². The molecule has 0 unspecified atom stereocenters. The van der Waals surface area contributed by atoms with Crippen LogP contribution in [0.4, 0.5) is 4.79 Å². The summed E-state index contributed by atoms with van der Waals surface area (Å²) in [6.07, 6.45) is 2.03. The fourth-order valence-electron chi connectivity index (χ4n) is 3.64. The van der Waals surface area contributed by atoms with Gasteiger partial charge < -0.3 is 19.1 Å². The van der Waals surface area contributed by atoms with E-state index in [1.807, 2.05) is 0 Å². The average molecular weight is 452 g/mol. The summed E-state index contributed by atoms with van der Waals surface area (Å²) in [4.78, 5) is 44.1. The number of Topliss-reactive ketones (excluding diaryl/α,β-unsaturated/α-hetero) is 1.